The van der Waals surface area contributed by atoms with E-state index in [9.17, 15) is 0 Å². The molecule has 1 fully saturated rings. The highest BCUT2D eigenvalue weighted by molar-refractivity contribution is 6.61. The number of anilines is 1. The second-order valence-electron chi connectivity index (χ2n) is 6.47. The molecule has 1 aliphatic rings. The first-order valence-corrected chi connectivity index (χ1v) is 7.85. The summed E-state index contributed by atoms with van der Waals surface area (Å²) in [6.07, 6.45) is 4.51. The molecule has 22 heavy (non-hydrogen) atoms. The van der Waals surface area contributed by atoms with Crippen LogP contribution in [0.2, 0.25) is 0 Å². The quantitative estimate of drug-likeness (QED) is 0.610. The molecule has 0 amide bonds. The van der Waals surface area contributed by atoms with Gasteiger partial charge in [-0.25, -0.2) is 9.97 Å². The molecule has 0 aliphatic carbocycles. The fourth-order valence-corrected chi connectivity index (χ4v) is 2.01. The largest absolute Gasteiger partial charge is 0.498 e. The maximum atomic E-state index is 5.97. The van der Waals surface area contributed by atoms with E-state index in [1.807, 2.05) is 27.7 Å². The van der Waals surface area contributed by atoms with E-state index < -0.39 is 7.12 Å². The van der Waals surface area contributed by atoms with Crippen LogP contribution >= 0.6 is 0 Å². The van der Waals surface area contributed by atoms with Crippen LogP contribution < -0.4 is 10.8 Å². The average molecular weight is 307 g/mol. The van der Waals surface area contributed by atoms with E-state index in [2.05, 4.69) is 22.2 Å². The van der Waals surface area contributed by atoms with E-state index in [1.54, 1.807) is 12.4 Å². The Kier molecular flexibility index (Phi) is 5.42. The minimum atomic E-state index is -0.424. The number of hydrogen-bond donors (Lipinski definition) is 1. The molecule has 0 bridgehead atoms. The molecule has 2 rings (SSSR count). The molecule has 0 saturated carbocycles. The molecular formula is C15H26BN3O3. The predicted octanol–water partition coefficient (Wildman–Crippen LogP) is 1.61. The van der Waals surface area contributed by atoms with Crippen LogP contribution in [0, 0.1) is 0 Å². The molecule has 1 aromatic heterocycles. The van der Waals surface area contributed by atoms with E-state index in [1.165, 1.54) is 0 Å². The molecule has 0 atom stereocenters. The maximum Gasteiger partial charge on any atom is 0.498 e. The van der Waals surface area contributed by atoms with Crippen molar-refractivity contribution in [1.82, 2.24) is 9.97 Å². The molecule has 1 saturated heterocycles. The monoisotopic (exact) mass is 307 g/mol. The fourth-order valence-electron chi connectivity index (χ4n) is 2.01. The number of aromatic nitrogens is 2. The van der Waals surface area contributed by atoms with E-state index in [0.29, 0.717) is 19.1 Å². The Balaban J connectivity index is 1.87. The van der Waals surface area contributed by atoms with Gasteiger partial charge in [-0.05, 0) is 34.1 Å². The van der Waals surface area contributed by atoms with Crippen LogP contribution in [0.15, 0.2) is 12.4 Å². The second-order valence-corrected chi connectivity index (χ2v) is 6.47. The van der Waals surface area contributed by atoms with Crippen molar-refractivity contribution in [3.63, 3.8) is 0 Å². The fraction of sp³-hybridized carbons (Fsp3) is 0.733. The smallest absolute Gasteiger partial charge is 0.399 e. The van der Waals surface area contributed by atoms with Gasteiger partial charge in [-0.2, -0.15) is 0 Å². The third-order valence-electron chi connectivity index (χ3n) is 4.08. The van der Waals surface area contributed by atoms with Crippen molar-refractivity contribution in [3.05, 3.63) is 12.4 Å². The predicted molar refractivity (Wildman–Crippen MR) is 87.3 cm³/mol. The Morgan fingerprint density at radius 1 is 1.09 bits per heavy atom. The Morgan fingerprint density at radius 3 is 2.23 bits per heavy atom. The summed E-state index contributed by atoms with van der Waals surface area (Å²) in [5, 5.41) is 3.12. The van der Waals surface area contributed by atoms with Gasteiger partial charge in [-0.3, -0.25) is 0 Å². The van der Waals surface area contributed by atoms with E-state index >= 15 is 0 Å². The summed E-state index contributed by atoms with van der Waals surface area (Å²) in [6.45, 7) is 12.3. The standard InChI is InChI=1S/C15H26BN3O3/c1-6-8-20-9-7-17-13-18-10-12(11-19-13)16-21-14(2,3)15(4,5)22-16/h10-11H,6-9H2,1-5H3,(H,17,18,19). The summed E-state index contributed by atoms with van der Waals surface area (Å²) >= 11 is 0. The van der Waals surface area contributed by atoms with Gasteiger partial charge in [-0.1, -0.05) is 6.92 Å². The summed E-state index contributed by atoms with van der Waals surface area (Å²) in [5.74, 6) is 0.584. The zero-order valence-corrected chi connectivity index (χ0v) is 14.2. The highest BCUT2D eigenvalue weighted by Gasteiger charge is 2.51. The molecule has 6 nitrogen and oxygen atoms in total. The molecule has 0 unspecified atom stereocenters. The van der Waals surface area contributed by atoms with Gasteiger partial charge in [0.1, 0.15) is 0 Å². The van der Waals surface area contributed by atoms with Crippen LogP contribution in [0.1, 0.15) is 41.0 Å². The van der Waals surface area contributed by atoms with Crippen LogP contribution in [0.5, 0.6) is 0 Å². The third kappa shape index (κ3) is 3.97. The van der Waals surface area contributed by atoms with Crippen molar-refractivity contribution < 1.29 is 14.0 Å². The normalized spacial score (nSPS) is 19.4. The Labute approximate surface area is 133 Å². The molecule has 7 heteroatoms. The zero-order chi connectivity index (χ0) is 16.2. The number of ether oxygens (including phenoxy) is 1. The van der Waals surface area contributed by atoms with Crippen molar-refractivity contribution in [2.45, 2.75) is 52.2 Å². The van der Waals surface area contributed by atoms with Crippen LogP contribution in [0.25, 0.3) is 0 Å². The molecule has 0 radical (unpaired) electrons. The van der Waals surface area contributed by atoms with Crippen LogP contribution in [-0.4, -0.2) is 48.0 Å². The number of hydrogen-bond acceptors (Lipinski definition) is 6. The minimum absolute atomic E-state index is 0.356. The van der Waals surface area contributed by atoms with Crippen molar-refractivity contribution in [3.8, 4) is 0 Å². The van der Waals surface area contributed by atoms with Crippen molar-refractivity contribution in [1.29, 1.82) is 0 Å². The van der Waals surface area contributed by atoms with Gasteiger partial charge < -0.3 is 19.4 Å². The van der Waals surface area contributed by atoms with Gasteiger partial charge in [0.15, 0.2) is 0 Å². The zero-order valence-electron chi connectivity index (χ0n) is 14.2. The Hall–Kier alpha value is -1.18. The molecule has 122 valence electrons. The van der Waals surface area contributed by atoms with E-state index in [-0.39, 0.29) is 11.2 Å². The average Bonchev–Trinajstić information content (AvgIpc) is 2.68. The highest BCUT2D eigenvalue weighted by atomic mass is 16.7. The van der Waals surface area contributed by atoms with Gasteiger partial charge in [-0.15, -0.1) is 0 Å². The molecule has 1 aromatic rings. The summed E-state index contributed by atoms with van der Waals surface area (Å²) in [5.41, 5.74) is 0.114. The molecule has 2 heterocycles. The van der Waals surface area contributed by atoms with Crippen LogP contribution in [0.4, 0.5) is 5.95 Å². The van der Waals surface area contributed by atoms with Crippen molar-refractivity contribution in [2.75, 3.05) is 25.1 Å². The van der Waals surface area contributed by atoms with Crippen molar-refractivity contribution >= 4 is 18.5 Å². The lowest BCUT2D eigenvalue weighted by atomic mass is 9.81. The lowest BCUT2D eigenvalue weighted by Gasteiger charge is -2.32. The summed E-state index contributed by atoms with van der Waals surface area (Å²) in [7, 11) is -0.424. The first kappa shape index (κ1) is 17.2. The number of rotatable bonds is 7. The first-order chi connectivity index (χ1) is 10.4. The highest BCUT2D eigenvalue weighted by Crippen LogP contribution is 2.36. The summed E-state index contributed by atoms with van der Waals surface area (Å²) in [6, 6.07) is 0. The van der Waals surface area contributed by atoms with Gasteiger partial charge in [0.2, 0.25) is 5.95 Å². The Bertz CT molecular complexity index is 463. The first-order valence-electron chi connectivity index (χ1n) is 7.85. The van der Waals surface area contributed by atoms with Gasteiger partial charge >= 0.3 is 7.12 Å². The summed E-state index contributed by atoms with van der Waals surface area (Å²) in [4.78, 5) is 8.60. The van der Waals surface area contributed by atoms with Crippen molar-refractivity contribution in [2.24, 2.45) is 0 Å². The van der Waals surface area contributed by atoms with E-state index in [0.717, 1.165) is 18.5 Å². The minimum Gasteiger partial charge on any atom is -0.399 e. The molecule has 0 spiro atoms. The lowest BCUT2D eigenvalue weighted by Crippen LogP contribution is -2.41. The van der Waals surface area contributed by atoms with Gasteiger partial charge in [0.25, 0.3) is 0 Å². The van der Waals surface area contributed by atoms with E-state index in [4.69, 9.17) is 14.0 Å². The SMILES string of the molecule is CCCOCCNc1ncc(B2OC(C)(C)C(C)(C)O2)cn1. The second kappa shape index (κ2) is 6.94. The molecule has 0 aromatic carbocycles. The van der Waals surface area contributed by atoms with Crippen LogP contribution in [-0.2, 0) is 14.0 Å². The molecule has 1 aliphatic heterocycles. The number of nitrogens with zero attached hydrogens (tertiary/aromatic N) is 2. The topological polar surface area (TPSA) is 65.5 Å². The number of nitrogens with one attached hydrogen (secondary N) is 1. The third-order valence-corrected chi connectivity index (χ3v) is 4.08. The van der Waals surface area contributed by atoms with Gasteiger partial charge in [0.05, 0.1) is 17.8 Å². The Morgan fingerprint density at radius 2 is 1.68 bits per heavy atom. The lowest BCUT2D eigenvalue weighted by molar-refractivity contribution is 0.00578. The maximum absolute atomic E-state index is 5.97. The molecular weight excluding hydrogens is 281 g/mol. The molecule has 1 N–H and O–H groups in total. The van der Waals surface area contributed by atoms with Gasteiger partial charge in [0, 0.05) is 31.0 Å². The summed E-state index contributed by atoms with van der Waals surface area (Å²) < 4.78 is 17.3. The van der Waals surface area contributed by atoms with Crippen LogP contribution in [0.3, 0.4) is 0 Å².